The van der Waals surface area contributed by atoms with Gasteiger partial charge in [0, 0.05) is 6.07 Å². The third kappa shape index (κ3) is 1.78. The van der Waals surface area contributed by atoms with E-state index in [0.717, 1.165) is 0 Å². The zero-order valence-corrected chi connectivity index (χ0v) is 8.03. The smallest absolute Gasteiger partial charge is 0.371 e. The highest BCUT2D eigenvalue weighted by Crippen LogP contribution is 2.28. The maximum Gasteiger partial charge on any atom is 0.371 e. The summed E-state index contributed by atoms with van der Waals surface area (Å²) in [5.41, 5.74) is 0. The fraction of sp³-hybridized carbons (Fsp3) is 0.167. The molecule has 0 radical (unpaired) electrons. The average molecular weight is 237 g/mol. The number of hydrogen-bond donors (Lipinski definition) is 1. The molecule has 0 bridgehead atoms. The standard InChI is InChI=1S/C6H5BrO3S/c1-11-6-3(7)2-4(10-6)5(8)9/h2H,1H3,(H,8,9). The lowest BCUT2D eigenvalue weighted by Gasteiger charge is -1.86. The van der Waals surface area contributed by atoms with Crippen LogP contribution in [-0.4, -0.2) is 17.3 Å². The van der Waals surface area contributed by atoms with Crippen LogP contribution in [0.2, 0.25) is 0 Å². The van der Waals surface area contributed by atoms with E-state index in [0.29, 0.717) is 9.56 Å². The fourth-order valence-electron chi connectivity index (χ4n) is 0.597. The van der Waals surface area contributed by atoms with Gasteiger partial charge < -0.3 is 9.52 Å². The van der Waals surface area contributed by atoms with E-state index in [1.165, 1.54) is 17.8 Å². The highest BCUT2D eigenvalue weighted by molar-refractivity contribution is 9.10. The molecule has 0 atom stereocenters. The van der Waals surface area contributed by atoms with E-state index >= 15 is 0 Å². The molecule has 0 aliphatic carbocycles. The lowest BCUT2D eigenvalue weighted by Crippen LogP contribution is -1.91. The van der Waals surface area contributed by atoms with Gasteiger partial charge in [-0.3, -0.25) is 0 Å². The molecule has 0 fully saturated rings. The summed E-state index contributed by atoms with van der Waals surface area (Å²) in [4.78, 5) is 10.4. The highest BCUT2D eigenvalue weighted by Gasteiger charge is 2.12. The van der Waals surface area contributed by atoms with Crippen LogP contribution >= 0.6 is 27.7 Å². The first-order chi connectivity index (χ1) is 5.15. The van der Waals surface area contributed by atoms with Crippen molar-refractivity contribution in [3.05, 3.63) is 16.3 Å². The molecular formula is C6H5BrO3S. The van der Waals surface area contributed by atoms with E-state index in [1.54, 1.807) is 0 Å². The second kappa shape index (κ2) is 3.32. The Labute approximate surface area is 75.9 Å². The molecule has 0 aromatic carbocycles. The molecule has 0 saturated carbocycles. The van der Waals surface area contributed by atoms with Crippen LogP contribution in [0.1, 0.15) is 10.6 Å². The molecule has 60 valence electrons. The molecule has 1 aromatic rings. The zero-order chi connectivity index (χ0) is 8.43. The van der Waals surface area contributed by atoms with Gasteiger partial charge in [0.1, 0.15) is 0 Å². The average Bonchev–Trinajstić information content (AvgIpc) is 2.31. The molecule has 0 spiro atoms. The summed E-state index contributed by atoms with van der Waals surface area (Å²) in [5.74, 6) is -1.09. The summed E-state index contributed by atoms with van der Waals surface area (Å²) in [6.45, 7) is 0. The maximum atomic E-state index is 10.4. The molecule has 0 saturated heterocycles. The van der Waals surface area contributed by atoms with Crippen molar-refractivity contribution < 1.29 is 14.3 Å². The summed E-state index contributed by atoms with van der Waals surface area (Å²) in [5, 5.41) is 9.08. The van der Waals surface area contributed by atoms with Crippen molar-refractivity contribution in [1.82, 2.24) is 0 Å². The Morgan fingerprint density at radius 3 is 2.73 bits per heavy atom. The maximum absolute atomic E-state index is 10.4. The number of carboxylic acid groups (broad SMARTS) is 1. The molecule has 1 heterocycles. The van der Waals surface area contributed by atoms with Gasteiger partial charge in [-0.15, -0.1) is 0 Å². The molecule has 11 heavy (non-hydrogen) atoms. The van der Waals surface area contributed by atoms with Crippen LogP contribution in [0.4, 0.5) is 0 Å². The van der Waals surface area contributed by atoms with Crippen molar-refractivity contribution in [3.8, 4) is 0 Å². The molecule has 1 N–H and O–H groups in total. The van der Waals surface area contributed by atoms with E-state index in [2.05, 4.69) is 15.9 Å². The van der Waals surface area contributed by atoms with Crippen molar-refractivity contribution in [2.75, 3.05) is 6.26 Å². The molecule has 5 heteroatoms. The summed E-state index contributed by atoms with van der Waals surface area (Å²) in [6, 6.07) is 1.44. The SMILES string of the molecule is CSc1oc(C(=O)O)cc1Br. The van der Waals surface area contributed by atoms with Crippen LogP contribution in [0.3, 0.4) is 0 Å². The van der Waals surface area contributed by atoms with E-state index in [1.807, 2.05) is 6.26 Å². The highest BCUT2D eigenvalue weighted by atomic mass is 79.9. The van der Waals surface area contributed by atoms with Crippen molar-refractivity contribution in [1.29, 1.82) is 0 Å². The van der Waals surface area contributed by atoms with Crippen molar-refractivity contribution >= 4 is 33.7 Å². The zero-order valence-electron chi connectivity index (χ0n) is 5.63. The Morgan fingerprint density at radius 1 is 1.82 bits per heavy atom. The van der Waals surface area contributed by atoms with Gasteiger partial charge in [0.15, 0.2) is 5.09 Å². The lowest BCUT2D eigenvalue weighted by molar-refractivity contribution is 0.0656. The van der Waals surface area contributed by atoms with Crippen LogP contribution < -0.4 is 0 Å². The van der Waals surface area contributed by atoms with Gasteiger partial charge in [-0.05, 0) is 22.2 Å². The van der Waals surface area contributed by atoms with Crippen LogP contribution in [0, 0.1) is 0 Å². The minimum absolute atomic E-state index is 0.0405. The van der Waals surface area contributed by atoms with E-state index in [9.17, 15) is 4.79 Å². The Balaban J connectivity index is 3.05. The quantitative estimate of drug-likeness (QED) is 0.802. The third-order valence-corrected chi connectivity index (χ3v) is 2.58. The Morgan fingerprint density at radius 2 is 2.45 bits per heavy atom. The number of aromatic carboxylic acids is 1. The molecule has 0 aliphatic heterocycles. The number of thioether (sulfide) groups is 1. The summed E-state index contributed by atoms with van der Waals surface area (Å²) < 4.78 is 5.62. The Hall–Kier alpha value is -0.420. The topological polar surface area (TPSA) is 50.4 Å². The van der Waals surface area contributed by atoms with Gasteiger partial charge in [-0.2, -0.15) is 0 Å². The van der Waals surface area contributed by atoms with E-state index < -0.39 is 5.97 Å². The van der Waals surface area contributed by atoms with Crippen LogP contribution in [0.5, 0.6) is 0 Å². The first-order valence-electron chi connectivity index (χ1n) is 2.71. The Bertz CT molecular complexity index is 281. The number of carbonyl (C=O) groups is 1. The first-order valence-corrected chi connectivity index (χ1v) is 4.73. The van der Waals surface area contributed by atoms with Gasteiger partial charge in [0.25, 0.3) is 0 Å². The van der Waals surface area contributed by atoms with Gasteiger partial charge in [0.05, 0.1) is 4.47 Å². The molecular weight excluding hydrogens is 232 g/mol. The molecule has 3 nitrogen and oxygen atoms in total. The third-order valence-electron chi connectivity index (χ3n) is 1.05. The van der Waals surface area contributed by atoms with Gasteiger partial charge >= 0.3 is 5.97 Å². The second-order valence-electron chi connectivity index (χ2n) is 1.76. The number of rotatable bonds is 2. The fourth-order valence-corrected chi connectivity index (χ4v) is 1.80. The molecule has 1 aromatic heterocycles. The van der Waals surface area contributed by atoms with Crippen molar-refractivity contribution in [2.24, 2.45) is 0 Å². The van der Waals surface area contributed by atoms with Crippen LogP contribution in [0.15, 0.2) is 20.0 Å². The van der Waals surface area contributed by atoms with Gasteiger partial charge in [0.2, 0.25) is 5.76 Å². The van der Waals surface area contributed by atoms with Crippen LogP contribution in [0.25, 0.3) is 0 Å². The summed E-state index contributed by atoms with van der Waals surface area (Å²) in [7, 11) is 0. The largest absolute Gasteiger partial charge is 0.475 e. The van der Waals surface area contributed by atoms with Crippen molar-refractivity contribution in [3.63, 3.8) is 0 Å². The molecule has 0 aliphatic rings. The monoisotopic (exact) mass is 236 g/mol. The molecule has 0 amide bonds. The number of carboxylic acids is 1. The minimum Gasteiger partial charge on any atom is -0.475 e. The number of hydrogen-bond acceptors (Lipinski definition) is 3. The molecule has 1 rings (SSSR count). The summed E-state index contributed by atoms with van der Waals surface area (Å²) >= 11 is 4.52. The first kappa shape index (κ1) is 8.67. The van der Waals surface area contributed by atoms with E-state index in [-0.39, 0.29) is 5.76 Å². The van der Waals surface area contributed by atoms with Gasteiger partial charge in [-0.25, -0.2) is 4.79 Å². The number of furan rings is 1. The van der Waals surface area contributed by atoms with Crippen LogP contribution in [-0.2, 0) is 0 Å². The Kier molecular flexibility index (Phi) is 2.62. The normalized spacial score (nSPS) is 10.0. The van der Waals surface area contributed by atoms with Crippen molar-refractivity contribution in [2.45, 2.75) is 5.09 Å². The minimum atomic E-state index is -1.05. The lowest BCUT2D eigenvalue weighted by atomic mass is 10.5. The number of halogens is 1. The molecule has 0 unspecified atom stereocenters. The second-order valence-corrected chi connectivity index (χ2v) is 3.39. The predicted molar refractivity (Wildman–Crippen MR) is 45.1 cm³/mol. The predicted octanol–water partition coefficient (Wildman–Crippen LogP) is 2.46. The van der Waals surface area contributed by atoms with E-state index in [4.69, 9.17) is 9.52 Å². The van der Waals surface area contributed by atoms with Gasteiger partial charge in [-0.1, -0.05) is 11.8 Å². The summed E-state index contributed by atoms with van der Waals surface area (Å²) in [6.07, 6.45) is 1.81.